The highest BCUT2D eigenvalue weighted by atomic mass is 35.5. The molecule has 2 aliphatic rings. The first-order valence-corrected chi connectivity index (χ1v) is 14.0. The summed E-state index contributed by atoms with van der Waals surface area (Å²) >= 11 is 7.96. The van der Waals surface area contributed by atoms with E-state index in [1.807, 2.05) is 24.3 Å². The van der Waals surface area contributed by atoms with Gasteiger partial charge in [0.15, 0.2) is 0 Å². The predicted molar refractivity (Wildman–Crippen MR) is 152 cm³/mol. The molecule has 4 aromatic rings. The van der Waals surface area contributed by atoms with Crippen molar-refractivity contribution in [3.05, 3.63) is 64.9 Å². The third kappa shape index (κ3) is 6.26. The van der Waals surface area contributed by atoms with Gasteiger partial charge in [0.1, 0.15) is 28.8 Å². The molecule has 5 heterocycles. The SMILES string of the molecule is O=C(O[C@@H]1CN[C@@H](C#Cc2cc3c(Nc4ccc(Oc5ccccn5)c(Cl)c4)ncnc3s2)C1)N1CCOCC1. The molecule has 0 saturated carbocycles. The van der Waals surface area contributed by atoms with E-state index in [-0.39, 0.29) is 18.2 Å². The average molecular weight is 577 g/mol. The summed E-state index contributed by atoms with van der Waals surface area (Å²) in [5, 5.41) is 7.95. The van der Waals surface area contributed by atoms with Crippen LogP contribution < -0.4 is 15.4 Å². The van der Waals surface area contributed by atoms with Crippen molar-refractivity contribution in [2.45, 2.75) is 18.6 Å². The van der Waals surface area contributed by atoms with Gasteiger partial charge in [-0.2, -0.15) is 0 Å². The van der Waals surface area contributed by atoms with Crippen LogP contribution in [-0.4, -0.2) is 70.9 Å². The molecular formula is C28H25ClN6O4S. The molecule has 0 bridgehead atoms. The van der Waals surface area contributed by atoms with E-state index in [1.165, 1.54) is 17.7 Å². The van der Waals surface area contributed by atoms with Crippen LogP contribution in [-0.2, 0) is 9.47 Å². The van der Waals surface area contributed by atoms with Crippen LogP contribution in [0.2, 0.25) is 5.02 Å². The molecule has 2 saturated heterocycles. The van der Waals surface area contributed by atoms with E-state index >= 15 is 0 Å². The van der Waals surface area contributed by atoms with Gasteiger partial charge in [-0.05, 0) is 30.3 Å². The number of halogens is 1. The monoisotopic (exact) mass is 576 g/mol. The number of ether oxygens (including phenoxy) is 3. The van der Waals surface area contributed by atoms with Crippen molar-refractivity contribution in [3.8, 4) is 23.5 Å². The lowest BCUT2D eigenvalue weighted by Gasteiger charge is -2.27. The van der Waals surface area contributed by atoms with Gasteiger partial charge in [0.05, 0.1) is 34.5 Å². The Bertz CT molecular complexity index is 1570. The van der Waals surface area contributed by atoms with Gasteiger partial charge in [0.2, 0.25) is 5.88 Å². The zero-order chi connectivity index (χ0) is 27.3. The van der Waals surface area contributed by atoms with Crippen molar-refractivity contribution in [2.75, 3.05) is 38.2 Å². The van der Waals surface area contributed by atoms with Crippen molar-refractivity contribution in [1.29, 1.82) is 0 Å². The van der Waals surface area contributed by atoms with E-state index in [0.717, 1.165) is 20.8 Å². The third-order valence-electron chi connectivity index (χ3n) is 6.37. The van der Waals surface area contributed by atoms with Crippen LogP contribution in [0, 0.1) is 11.8 Å². The van der Waals surface area contributed by atoms with E-state index in [1.54, 1.807) is 29.3 Å². The number of aromatic nitrogens is 3. The Hall–Kier alpha value is -3.95. The number of thiophene rings is 1. The Balaban J connectivity index is 1.10. The highest BCUT2D eigenvalue weighted by Crippen LogP contribution is 2.34. The van der Waals surface area contributed by atoms with E-state index < -0.39 is 0 Å². The van der Waals surface area contributed by atoms with E-state index in [0.29, 0.717) is 61.7 Å². The van der Waals surface area contributed by atoms with Crippen molar-refractivity contribution in [3.63, 3.8) is 0 Å². The molecule has 1 aromatic carbocycles. The second-order valence-electron chi connectivity index (χ2n) is 9.16. The number of amides is 1. The quantitative estimate of drug-likeness (QED) is 0.323. The number of benzene rings is 1. The third-order valence-corrected chi connectivity index (χ3v) is 7.63. The van der Waals surface area contributed by atoms with Gasteiger partial charge in [-0.25, -0.2) is 19.7 Å². The smallest absolute Gasteiger partial charge is 0.410 e. The number of pyridine rings is 1. The van der Waals surface area contributed by atoms with Crippen LogP contribution in [0.1, 0.15) is 11.3 Å². The van der Waals surface area contributed by atoms with Gasteiger partial charge in [-0.3, -0.25) is 5.32 Å². The van der Waals surface area contributed by atoms with Crippen LogP contribution in [0.5, 0.6) is 11.6 Å². The first-order valence-electron chi connectivity index (χ1n) is 12.8. The van der Waals surface area contributed by atoms with E-state index in [9.17, 15) is 4.79 Å². The highest BCUT2D eigenvalue weighted by Gasteiger charge is 2.28. The summed E-state index contributed by atoms with van der Waals surface area (Å²) in [7, 11) is 0. The second-order valence-corrected chi connectivity index (χ2v) is 10.6. The summed E-state index contributed by atoms with van der Waals surface area (Å²) in [5.74, 6) is 8.13. The number of anilines is 2. The molecule has 3 aromatic heterocycles. The predicted octanol–water partition coefficient (Wildman–Crippen LogP) is 4.83. The number of carbonyl (C=O) groups excluding carboxylic acids is 1. The molecule has 0 spiro atoms. The van der Waals surface area contributed by atoms with Crippen LogP contribution in [0.3, 0.4) is 0 Å². The van der Waals surface area contributed by atoms with Crippen LogP contribution in [0.15, 0.2) is 55.0 Å². The maximum absolute atomic E-state index is 12.4. The number of hydrogen-bond acceptors (Lipinski definition) is 10. The minimum atomic E-state index is -0.288. The minimum absolute atomic E-state index is 0.0645. The Morgan fingerprint density at radius 2 is 2.08 bits per heavy atom. The number of morpholine rings is 1. The fourth-order valence-electron chi connectivity index (χ4n) is 4.36. The van der Waals surface area contributed by atoms with Gasteiger partial charge < -0.3 is 24.4 Å². The first-order chi connectivity index (χ1) is 19.6. The summed E-state index contributed by atoms with van der Waals surface area (Å²) in [5.41, 5.74) is 0.755. The number of nitrogens with one attached hydrogen (secondary N) is 2. The van der Waals surface area contributed by atoms with Gasteiger partial charge in [-0.1, -0.05) is 29.5 Å². The molecule has 0 aliphatic carbocycles. The van der Waals surface area contributed by atoms with Gasteiger partial charge in [0, 0.05) is 44.0 Å². The number of fused-ring (bicyclic) bond motifs is 1. The molecule has 6 rings (SSSR count). The number of carbonyl (C=O) groups is 1. The molecule has 12 heteroatoms. The fourth-order valence-corrected chi connectivity index (χ4v) is 5.44. The topological polar surface area (TPSA) is 111 Å². The normalized spacial score (nSPS) is 18.7. The maximum atomic E-state index is 12.4. The molecule has 2 atom stereocenters. The summed E-state index contributed by atoms with van der Waals surface area (Å²) in [4.78, 5) is 28.7. The molecule has 0 unspecified atom stereocenters. The van der Waals surface area contributed by atoms with Crippen LogP contribution >= 0.6 is 22.9 Å². The zero-order valence-corrected chi connectivity index (χ0v) is 22.9. The Morgan fingerprint density at radius 1 is 1.18 bits per heavy atom. The molecule has 40 heavy (non-hydrogen) atoms. The number of hydrogen-bond donors (Lipinski definition) is 2. The van der Waals surface area contributed by atoms with Gasteiger partial charge >= 0.3 is 6.09 Å². The van der Waals surface area contributed by atoms with Crippen LogP contribution in [0.4, 0.5) is 16.3 Å². The largest absolute Gasteiger partial charge is 0.445 e. The zero-order valence-electron chi connectivity index (χ0n) is 21.3. The Labute approximate surface area is 239 Å². The van der Waals surface area contributed by atoms with Crippen molar-refractivity contribution < 1.29 is 19.0 Å². The lowest BCUT2D eigenvalue weighted by atomic mass is 10.2. The number of rotatable bonds is 5. The highest BCUT2D eigenvalue weighted by molar-refractivity contribution is 7.19. The molecule has 0 radical (unpaired) electrons. The Kier molecular flexibility index (Phi) is 7.92. The molecule has 10 nitrogen and oxygen atoms in total. The average Bonchev–Trinajstić information content (AvgIpc) is 3.61. The lowest BCUT2D eigenvalue weighted by Crippen LogP contribution is -2.42. The molecule has 204 valence electrons. The van der Waals surface area contributed by atoms with Crippen molar-refractivity contribution in [2.24, 2.45) is 0 Å². The van der Waals surface area contributed by atoms with Gasteiger partial charge in [-0.15, -0.1) is 11.3 Å². The standard InChI is InChI=1S/C28H25ClN6O4S/c29-23-14-19(5-7-24(23)39-25-3-1-2-8-30-25)34-26-22-15-21(40-27(22)33-17-32-26)6-4-18-13-20(16-31-18)38-28(36)35-9-11-37-12-10-35/h1-3,5,7-8,14-15,17-18,20,31H,9-13,16H2,(H,32,33,34)/t18-,20-/m0/s1. The van der Waals surface area contributed by atoms with E-state index in [4.69, 9.17) is 25.8 Å². The Morgan fingerprint density at radius 3 is 2.90 bits per heavy atom. The molecule has 2 N–H and O–H groups in total. The van der Waals surface area contributed by atoms with Crippen LogP contribution in [0.25, 0.3) is 10.2 Å². The lowest BCUT2D eigenvalue weighted by molar-refractivity contribution is 0.0156. The molecule has 2 aliphatic heterocycles. The first kappa shape index (κ1) is 26.3. The fraction of sp³-hybridized carbons (Fsp3) is 0.286. The van der Waals surface area contributed by atoms with Gasteiger partial charge in [0.25, 0.3) is 0 Å². The second kappa shape index (κ2) is 12.1. The van der Waals surface area contributed by atoms with Crippen molar-refractivity contribution in [1.82, 2.24) is 25.2 Å². The summed E-state index contributed by atoms with van der Waals surface area (Å²) in [6, 6.07) is 12.7. The summed E-state index contributed by atoms with van der Waals surface area (Å²) < 4.78 is 16.7. The number of nitrogens with zero attached hydrogens (tertiary/aromatic N) is 4. The molecule has 2 fully saturated rings. The maximum Gasteiger partial charge on any atom is 0.410 e. The summed E-state index contributed by atoms with van der Waals surface area (Å²) in [6.07, 6.45) is 3.32. The molecule has 1 amide bonds. The molecular weight excluding hydrogens is 552 g/mol. The summed E-state index contributed by atoms with van der Waals surface area (Å²) in [6.45, 7) is 2.80. The van der Waals surface area contributed by atoms with Crippen molar-refractivity contribution >= 4 is 50.8 Å². The minimum Gasteiger partial charge on any atom is -0.445 e. The van der Waals surface area contributed by atoms with E-state index in [2.05, 4.69) is 37.4 Å².